The molecule has 0 aromatic rings. The Kier molecular flexibility index (Phi) is 3.05. The van der Waals surface area contributed by atoms with Gasteiger partial charge in [0.05, 0.1) is 5.92 Å². The predicted molar refractivity (Wildman–Crippen MR) is 44.2 cm³/mol. The van der Waals surface area contributed by atoms with Crippen molar-refractivity contribution in [1.29, 1.82) is 0 Å². The van der Waals surface area contributed by atoms with E-state index in [1.165, 1.54) is 0 Å². The fraction of sp³-hybridized carbons (Fsp3) is 0.875. The first-order chi connectivity index (χ1) is 4.76. The first-order valence-corrected chi connectivity index (χ1v) is 3.75. The molecule has 0 radical (unpaired) electrons. The lowest BCUT2D eigenvalue weighted by Crippen LogP contribution is -2.41. The largest absolute Gasteiger partial charge is 0.481 e. The van der Waals surface area contributed by atoms with Crippen molar-refractivity contribution in [3.8, 4) is 0 Å². The lowest BCUT2D eigenvalue weighted by Gasteiger charge is -2.29. The van der Waals surface area contributed by atoms with E-state index in [1.807, 2.05) is 20.8 Å². The average Bonchev–Trinajstić information content (AvgIpc) is 1.54. The van der Waals surface area contributed by atoms with Crippen LogP contribution in [0.4, 0.5) is 0 Å². The first kappa shape index (κ1) is 10.4. The molecule has 0 aliphatic rings. The van der Waals surface area contributed by atoms with Crippen molar-refractivity contribution in [2.24, 2.45) is 17.1 Å². The summed E-state index contributed by atoms with van der Waals surface area (Å²) in [6.45, 7) is 7.38. The van der Waals surface area contributed by atoms with Crippen molar-refractivity contribution in [3.63, 3.8) is 0 Å². The molecule has 0 saturated carbocycles. The van der Waals surface area contributed by atoms with Crippen LogP contribution in [0.5, 0.6) is 0 Å². The number of hydrogen-bond acceptors (Lipinski definition) is 2. The molecule has 0 fully saturated rings. The zero-order valence-electron chi connectivity index (χ0n) is 7.59. The Bertz CT molecular complexity index is 147. The van der Waals surface area contributed by atoms with Gasteiger partial charge in [0, 0.05) is 6.04 Å². The monoisotopic (exact) mass is 159 g/mol. The second kappa shape index (κ2) is 3.22. The Balaban J connectivity index is 4.49. The molecule has 0 rings (SSSR count). The number of nitrogens with two attached hydrogens (primary N) is 1. The Morgan fingerprint density at radius 1 is 1.45 bits per heavy atom. The maximum Gasteiger partial charge on any atom is 0.308 e. The minimum Gasteiger partial charge on any atom is -0.481 e. The van der Waals surface area contributed by atoms with Crippen LogP contribution >= 0.6 is 0 Å². The van der Waals surface area contributed by atoms with Crippen molar-refractivity contribution in [3.05, 3.63) is 0 Å². The van der Waals surface area contributed by atoms with E-state index in [1.54, 1.807) is 6.92 Å². The van der Waals surface area contributed by atoms with Gasteiger partial charge in [-0.1, -0.05) is 20.8 Å². The van der Waals surface area contributed by atoms with Crippen LogP contribution in [0.15, 0.2) is 0 Å². The minimum absolute atomic E-state index is 0.264. The third-order valence-electron chi connectivity index (χ3n) is 1.72. The second-order valence-electron chi connectivity index (χ2n) is 4.04. The molecule has 0 spiro atoms. The third-order valence-corrected chi connectivity index (χ3v) is 1.72. The molecule has 0 aromatic carbocycles. The molecule has 3 N–H and O–H groups in total. The molecule has 66 valence electrons. The summed E-state index contributed by atoms with van der Waals surface area (Å²) in [5.74, 6) is -1.28. The molecule has 0 amide bonds. The van der Waals surface area contributed by atoms with Crippen molar-refractivity contribution >= 4 is 5.97 Å². The van der Waals surface area contributed by atoms with Crippen LogP contribution in [0.25, 0.3) is 0 Å². The highest BCUT2D eigenvalue weighted by atomic mass is 16.4. The summed E-state index contributed by atoms with van der Waals surface area (Å²) in [7, 11) is 0. The second-order valence-corrected chi connectivity index (χ2v) is 4.04. The molecular formula is C8H17NO2. The predicted octanol–water partition coefficient (Wildman–Crippen LogP) is 1.08. The summed E-state index contributed by atoms with van der Waals surface area (Å²) in [5, 5.41) is 8.80. The summed E-state index contributed by atoms with van der Waals surface area (Å²) in [4.78, 5) is 10.7. The van der Waals surface area contributed by atoms with Crippen LogP contribution < -0.4 is 5.73 Å². The highest BCUT2D eigenvalue weighted by Crippen LogP contribution is 2.27. The Morgan fingerprint density at radius 3 is 1.82 bits per heavy atom. The fourth-order valence-corrected chi connectivity index (χ4v) is 1.38. The summed E-state index contributed by atoms with van der Waals surface area (Å²) in [6.07, 6.45) is 0. The number of carboxylic acid groups (broad SMARTS) is 1. The molecule has 11 heavy (non-hydrogen) atoms. The number of aliphatic carboxylic acids is 1. The molecule has 1 unspecified atom stereocenters. The van der Waals surface area contributed by atoms with Gasteiger partial charge in [0.15, 0.2) is 0 Å². The molecule has 0 bridgehead atoms. The van der Waals surface area contributed by atoms with E-state index in [-0.39, 0.29) is 11.5 Å². The molecule has 0 saturated heterocycles. The minimum atomic E-state index is -0.813. The van der Waals surface area contributed by atoms with E-state index in [2.05, 4.69) is 0 Å². The topological polar surface area (TPSA) is 63.3 Å². The Hall–Kier alpha value is -0.570. The maximum absolute atomic E-state index is 10.7. The van der Waals surface area contributed by atoms with E-state index in [9.17, 15) is 4.79 Å². The molecule has 0 aliphatic carbocycles. The van der Waals surface area contributed by atoms with Gasteiger partial charge in [-0.05, 0) is 12.3 Å². The van der Waals surface area contributed by atoms with Gasteiger partial charge in [0.25, 0.3) is 0 Å². The number of carbonyl (C=O) groups is 1. The van der Waals surface area contributed by atoms with Crippen molar-refractivity contribution in [1.82, 2.24) is 0 Å². The van der Waals surface area contributed by atoms with Gasteiger partial charge in [-0.15, -0.1) is 0 Å². The first-order valence-electron chi connectivity index (χ1n) is 3.75. The normalized spacial score (nSPS) is 17.5. The lowest BCUT2D eigenvalue weighted by molar-refractivity contribution is -0.146. The highest BCUT2D eigenvalue weighted by Gasteiger charge is 2.33. The molecule has 3 nitrogen and oxygen atoms in total. The standard InChI is InChI=1S/C8H17NO2/c1-5(9)6(7(10)11)8(2,3)4/h5-6H,9H2,1-4H3,(H,10,11)/t5-,6?/m0/s1. The van der Waals surface area contributed by atoms with E-state index >= 15 is 0 Å². The molecule has 0 aromatic heterocycles. The smallest absolute Gasteiger partial charge is 0.308 e. The van der Waals surface area contributed by atoms with Crippen LogP contribution in [0.3, 0.4) is 0 Å². The van der Waals surface area contributed by atoms with Crippen LogP contribution in [-0.4, -0.2) is 17.1 Å². The molecule has 0 heterocycles. The van der Waals surface area contributed by atoms with E-state index in [0.717, 1.165) is 0 Å². The SMILES string of the molecule is C[C@H](N)C(C(=O)O)C(C)(C)C. The van der Waals surface area contributed by atoms with Crippen LogP contribution in [0, 0.1) is 11.3 Å². The van der Waals surface area contributed by atoms with Gasteiger partial charge in [0.1, 0.15) is 0 Å². The van der Waals surface area contributed by atoms with E-state index in [0.29, 0.717) is 0 Å². The van der Waals surface area contributed by atoms with Crippen molar-refractivity contribution in [2.75, 3.05) is 0 Å². The van der Waals surface area contributed by atoms with Gasteiger partial charge < -0.3 is 10.8 Å². The molecule has 0 aliphatic heterocycles. The zero-order valence-corrected chi connectivity index (χ0v) is 7.59. The summed E-state index contributed by atoms with van der Waals surface area (Å²) in [6, 6.07) is -0.299. The van der Waals surface area contributed by atoms with E-state index < -0.39 is 11.9 Å². The lowest BCUT2D eigenvalue weighted by atomic mass is 9.77. The van der Waals surface area contributed by atoms with Gasteiger partial charge in [-0.2, -0.15) is 0 Å². The summed E-state index contributed by atoms with van der Waals surface area (Å²) < 4.78 is 0. The van der Waals surface area contributed by atoms with Gasteiger partial charge >= 0.3 is 5.97 Å². The average molecular weight is 159 g/mol. The van der Waals surface area contributed by atoms with E-state index in [4.69, 9.17) is 10.8 Å². The van der Waals surface area contributed by atoms with Crippen LogP contribution in [-0.2, 0) is 4.79 Å². The zero-order chi connectivity index (χ0) is 9.23. The summed E-state index contributed by atoms with van der Waals surface area (Å²) in [5.41, 5.74) is 5.28. The Morgan fingerprint density at radius 2 is 1.82 bits per heavy atom. The molecular weight excluding hydrogens is 142 g/mol. The van der Waals surface area contributed by atoms with Crippen molar-refractivity contribution < 1.29 is 9.90 Å². The van der Waals surface area contributed by atoms with Gasteiger partial charge in [0.2, 0.25) is 0 Å². The summed E-state index contributed by atoms with van der Waals surface area (Å²) >= 11 is 0. The van der Waals surface area contributed by atoms with Gasteiger partial charge in [-0.3, -0.25) is 4.79 Å². The third kappa shape index (κ3) is 2.89. The maximum atomic E-state index is 10.7. The Labute approximate surface area is 67.6 Å². The molecule has 3 heteroatoms. The highest BCUT2D eigenvalue weighted by molar-refractivity contribution is 5.71. The number of hydrogen-bond donors (Lipinski definition) is 2. The number of rotatable bonds is 2. The van der Waals surface area contributed by atoms with Crippen LogP contribution in [0.1, 0.15) is 27.7 Å². The van der Waals surface area contributed by atoms with Crippen molar-refractivity contribution in [2.45, 2.75) is 33.7 Å². The van der Waals surface area contributed by atoms with Gasteiger partial charge in [-0.25, -0.2) is 0 Å². The number of carboxylic acids is 1. The molecule has 2 atom stereocenters. The quantitative estimate of drug-likeness (QED) is 0.633. The fourth-order valence-electron chi connectivity index (χ4n) is 1.38. The van der Waals surface area contributed by atoms with Crippen LogP contribution in [0.2, 0.25) is 0 Å².